The molecule has 5 rings (SSSR count). The van der Waals surface area contributed by atoms with Gasteiger partial charge < -0.3 is 4.74 Å². The third kappa shape index (κ3) is 3.45. The lowest BCUT2D eigenvalue weighted by Gasteiger charge is -2.12. The molecule has 0 bridgehead atoms. The minimum Gasteiger partial charge on any atom is -0.465 e. The van der Waals surface area contributed by atoms with Gasteiger partial charge in [-0.2, -0.15) is 5.10 Å². The average Bonchev–Trinajstić information content (AvgIpc) is 2.97. The van der Waals surface area contributed by atoms with Gasteiger partial charge in [-0.25, -0.2) is 4.79 Å². The minimum atomic E-state index is -0.371. The number of hydrogen-bond acceptors (Lipinski definition) is 4. The first-order chi connectivity index (χ1) is 15.2. The molecule has 1 aliphatic carbocycles. The van der Waals surface area contributed by atoms with Crippen LogP contribution in [0.1, 0.15) is 41.0 Å². The Morgan fingerprint density at radius 3 is 2.42 bits per heavy atom. The van der Waals surface area contributed by atoms with Crippen molar-refractivity contribution in [2.45, 2.75) is 32.1 Å². The van der Waals surface area contributed by atoms with Crippen molar-refractivity contribution in [1.29, 1.82) is 0 Å². The van der Waals surface area contributed by atoms with E-state index in [4.69, 9.17) is 4.74 Å². The SMILES string of the molecule is COC(=O)c1c(-c2ccc(Br)cc2)c2nnc3c(n2c1-c1ccccc1)CCCCC3. The number of methoxy groups -OCH3 is 1. The lowest BCUT2D eigenvalue weighted by molar-refractivity contribution is 0.0602. The molecule has 2 aromatic carbocycles. The van der Waals surface area contributed by atoms with Gasteiger partial charge in [0.15, 0.2) is 5.65 Å². The molecule has 0 N–H and O–H groups in total. The summed E-state index contributed by atoms with van der Waals surface area (Å²) in [5, 5.41) is 9.26. The summed E-state index contributed by atoms with van der Waals surface area (Å²) in [6.07, 6.45) is 5.20. The van der Waals surface area contributed by atoms with Gasteiger partial charge in [0, 0.05) is 15.7 Å². The number of halogens is 1. The number of benzene rings is 2. The number of aromatic nitrogens is 3. The molecule has 0 amide bonds. The fraction of sp³-hybridized carbons (Fsp3) is 0.240. The van der Waals surface area contributed by atoms with Crippen LogP contribution in [0.5, 0.6) is 0 Å². The number of nitrogens with zero attached hydrogens (tertiary/aromatic N) is 3. The average molecular weight is 476 g/mol. The first kappa shape index (κ1) is 19.9. The topological polar surface area (TPSA) is 56.5 Å². The maximum absolute atomic E-state index is 13.2. The van der Waals surface area contributed by atoms with Gasteiger partial charge in [0.05, 0.1) is 24.1 Å². The highest BCUT2D eigenvalue weighted by Gasteiger charge is 2.30. The predicted molar refractivity (Wildman–Crippen MR) is 124 cm³/mol. The normalized spacial score (nSPS) is 13.6. The number of rotatable bonds is 3. The van der Waals surface area contributed by atoms with Crippen molar-refractivity contribution < 1.29 is 9.53 Å². The zero-order chi connectivity index (χ0) is 21.4. The molecule has 0 fully saturated rings. The second kappa shape index (κ2) is 8.27. The number of aryl methyl sites for hydroxylation is 2. The monoisotopic (exact) mass is 475 g/mol. The van der Waals surface area contributed by atoms with Crippen LogP contribution >= 0.6 is 15.9 Å². The van der Waals surface area contributed by atoms with E-state index in [2.05, 4.69) is 30.5 Å². The van der Waals surface area contributed by atoms with E-state index < -0.39 is 0 Å². The largest absolute Gasteiger partial charge is 0.465 e. The Kier molecular flexibility index (Phi) is 5.32. The summed E-state index contributed by atoms with van der Waals surface area (Å²) >= 11 is 3.50. The van der Waals surface area contributed by atoms with Crippen LogP contribution in [0, 0.1) is 0 Å². The maximum atomic E-state index is 13.2. The molecule has 0 aliphatic heterocycles. The number of ether oxygens (including phenoxy) is 1. The summed E-state index contributed by atoms with van der Waals surface area (Å²) in [5.41, 5.74) is 6.86. The van der Waals surface area contributed by atoms with Gasteiger partial charge in [0.25, 0.3) is 0 Å². The molecule has 0 unspecified atom stereocenters. The molecule has 2 aromatic heterocycles. The Morgan fingerprint density at radius 1 is 0.935 bits per heavy atom. The summed E-state index contributed by atoms with van der Waals surface area (Å²) < 4.78 is 8.41. The third-order valence-corrected chi connectivity index (χ3v) is 6.44. The standard InChI is InChI=1S/C25H22BrN3O2/c1-31-25(30)22-21(16-12-14-18(26)15-13-16)24-28-27-19-10-6-3-7-11-20(19)29(24)23(22)17-8-4-2-5-9-17/h2,4-5,8-9,12-15H,3,6-7,10-11H2,1H3. The number of fused-ring (bicyclic) bond motifs is 3. The van der Waals surface area contributed by atoms with E-state index >= 15 is 0 Å². The molecule has 31 heavy (non-hydrogen) atoms. The van der Waals surface area contributed by atoms with E-state index in [9.17, 15) is 4.79 Å². The molecule has 0 saturated carbocycles. The van der Waals surface area contributed by atoms with Crippen LogP contribution in [0.4, 0.5) is 0 Å². The Bertz CT molecular complexity index is 1260. The van der Waals surface area contributed by atoms with Crippen molar-refractivity contribution in [2.24, 2.45) is 0 Å². The summed E-state index contributed by atoms with van der Waals surface area (Å²) in [6.45, 7) is 0. The summed E-state index contributed by atoms with van der Waals surface area (Å²) in [4.78, 5) is 13.2. The molecular formula is C25H22BrN3O2. The third-order valence-electron chi connectivity index (χ3n) is 5.91. The molecule has 4 aromatic rings. The van der Waals surface area contributed by atoms with Crippen LogP contribution in [0.2, 0.25) is 0 Å². The van der Waals surface area contributed by atoms with Crippen LogP contribution in [-0.4, -0.2) is 27.7 Å². The van der Waals surface area contributed by atoms with E-state index in [1.54, 1.807) is 0 Å². The lowest BCUT2D eigenvalue weighted by Crippen LogP contribution is -2.08. The molecule has 0 spiro atoms. The molecule has 2 heterocycles. The molecule has 156 valence electrons. The fourth-order valence-corrected chi connectivity index (χ4v) is 4.75. The van der Waals surface area contributed by atoms with Gasteiger partial charge in [-0.3, -0.25) is 4.40 Å². The van der Waals surface area contributed by atoms with Crippen LogP contribution < -0.4 is 0 Å². The van der Waals surface area contributed by atoms with Gasteiger partial charge >= 0.3 is 5.97 Å². The van der Waals surface area contributed by atoms with E-state index in [0.29, 0.717) is 11.2 Å². The minimum absolute atomic E-state index is 0.371. The highest BCUT2D eigenvalue weighted by molar-refractivity contribution is 9.10. The molecule has 1 aliphatic rings. The Morgan fingerprint density at radius 2 is 1.68 bits per heavy atom. The van der Waals surface area contributed by atoms with Crippen LogP contribution in [-0.2, 0) is 17.6 Å². The van der Waals surface area contributed by atoms with Crippen LogP contribution in [0.25, 0.3) is 28.0 Å². The van der Waals surface area contributed by atoms with Gasteiger partial charge in [-0.15, -0.1) is 5.10 Å². The van der Waals surface area contributed by atoms with Crippen molar-refractivity contribution in [1.82, 2.24) is 14.6 Å². The summed E-state index contributed by atoms with van der Waals surface area (Å²) in [7, 11) is 1.43. The summed E-state index contributed by atoms with van der Waals surface area (Å²) in [5.74, 6) is -0.371. The van der Waals surface area contributed by atoms with Crippen molar-refractivity contribution in [3.8, 4) is 22.4 Å². The quantitative estimate of drug-likeness (QED) is 0.274. The molecule has 0 saturated heterocycles. The second-order valence-electron chi connectivity index (χ2n) is 7.78. The number of esters is 1. The first-order valence-corrected chi connectivity index (χ1v) is 11.3. The molecule has 5 nitrogen and oxygen atoms in total. The van der Waals surface area contributed by atoms with Gasteiger partial charge in [-0.1, -0.05) is 64.8 Å². The van der Waals surface area contributed by atoms with E-state index in [-0.39, 0.29) is 5.97 Å². The van der Waals surface area contributed by atoms with Gasteiger partial charge in [-0.05, 0) is 48.9 Å². The number of carbonyl (C=O) groups excluding carboxylic acids is 1. The fourth-order valence-electron chi connectivity index (χ4n) is 4.48. The molecule has 0 atom stereocenters. The number of carbonyl (C=O) groups is 1. The van der Waals surface area contributed by atoms with Gasteiger partial charge in [0.2, 0.25) is 0 Å². The maximum Gasteiger partial charge on any atom is 0.340 e. The summed E-state index contributed by atoms with van der Waals surface area (Å²) in [6, 6.07) is 17.9. The highest BCUT2D eigenvalue weighted by Crippen LogP contribution is 2.40. The van der Waals surface area contributed by atoms with Crippen LogP contribution in [0.3, 0.4) is 0 Å². The van der Waals surface area contributed by atoms with Crippen LogP contribution in [0.15, 0.2) is 59.1 Å². The predicted octanol–water partition coefficient (Wildman–Crippen LogP) is 5.88. The Labute approximate surface area is 189 Å². The Balaban J connectivity index is 1.95. The van der Waals surface area contributed by atoms with Crippen molar-refractivity contribution >= 4 is 27.5 Å². The van der Waals surface area contributed by atoms with Crippen molar-refractivity contribution in [3.05, 3.63) is 76.0 Å². The van der Waals surface area contributed by atoms with E-state index in [1.807, 2.05) is 54.6 Å². The zero-order valence-electron chi connectivity index (χ0n) is 17.3. The zero-order valence-corrected chi connectivity index (χ0v) is 18.9. The smallest absolute Gasteiger partial charge is 0.340 e. The molecular weight excluding hydrogens is 454 g/mol. The first-order valence-electron chi connectivity index (χ1n) is 10.5. The Hall–Kier alpha value is -2.99. The second-order valence-corrected chi connectivity index (χ2v) is 8.69. The van der Waals surface area contributed by atoms with Crippen molar-refractivity contribution in [3.63, 3.8) is 0 Å². The molecule has 6 heteroatoms. The lowest BCUT2D eigenvalue weighted by atomic mass is 9.99. The molecule has 0 radical (unpaired) electrons. The van der Waals surface area contributed by atoms with E-state index in [1.165, 1.54) is 13.5 Å². The van der Waals surface area contributed by atoms with Crippen molar-refractivity contribution in [2.75, 3.05) is 7.11 Å². The van der Waals surface area contributed by atoms with E-state index in [0.717, 1.165) is 63.9 Å². The number of hydrogen-bond donors (Lipinski definition) is 0. The van der Waals surface area contributed by atoms with Gasteiger partial charge in [0.1, 0.15) is 0 Å². The highest BCUT2D eigenvalue weighted by atomic mass is 79.9.